The molecule has 0 spiro atoms. The van der Waals surface area contributed by atoms with Crippen LogP contribution in [0.2, 0.25) is 0 Å². The Balaban J connectivity index is 1.76. The molecule has 11 nitrogen and oxygen atoms in total. The van der Waals surface area contributed by atoms with Crippen LogP contribution in [0.4, 0.5) is 5.95 Å². The first kappa shape index (κ1) is 26.0. The molecule has 0 saturated heterocycles. The normalized spacial score (nSPS) is 13.0. The van der Waals surface area contributed by atoms with Crippen molar-refractivity contribution in [3.05, 3.63) is 35.0 Å². The SMILES string of the molecule is Cc1cc(-c2nc(-c3cc(C)c(OC[C@H](O)CC(O)C(N)=O)c(C)c3)no2)nc(NCC(C)C)n1. The Bertz CT molecular complexity index is 1160. The summed E-state index contributed by atoms with van der Waals surface area (Å²) in [6.45, 7) is 10.4. The van der Waals surface area contributed by atoms with Crippen LogP contribution in [0.1, 0.15) is 37.1 Å². The Morgan fingerprint density at radius 3 is 2.43 bits per heavy atom. The molecule has 0 aliphatic heterocycles. The van der Waals surface area contributed by atoms with E-state index >= 15 is 0 Å². The van der Waals surface area contributed by atoms with Crippen LogP contribution in [-0.4, -0.2) is 61.6 Å². The van der Waals surface area contributed by atoms with Gasteiger partial charge in [0.25, 0.3) is 5.89 Å². The summed E-state index contributed by atoms with van der Waals surface area (Å²) in [6.07, 6.45) is -2.67. The number of nitrogens with zero attached hydrogens (tertiary/aromatic N) is 4. The molecule has 5 N–H and O–H groups in total. The third-order valence-electron chi connectivity index (χ3n) is 5.13. The molecule has 0 radical (unpaired) electrons. The summed E-state index contributed by atoms with van der Waals surface area (Å²) in [5.41, 5.74) is 8.66. The highest BCUT2D eigenvalue weighted by molar-refractivity contribution is 5.78. The second-order valence-electron chi connectivity index (χ2n) is 8.97. The smallest absolute Gasteiger partial charge is 0.277 e. The maximum absolute atomic E-state index is 11.0. The Labute approximate surface area is 203 Å². The minimum Gasteiger partial charge on any atom is -0.490 e. The summed E-state index contributed by atoms with van der Waals surface area (Å²) < 4.78 is 11.2. The second kappa shape index (κ2) is 11.2. The number of primary amides is 1. The summed E-state index contributed by atoms with van der Waals surface area (Å²) in [5.74, 6) is 1.33. The molecular formula is C24H32N6O5. The van der Waals surface area contributed by atoms with Crippen LogP contribution in [0.15, 0.2) is 22.7 Å². The van der Waals surface area contributed by atoms with Crippen molar-refractivity contribution in [3.63, 3.8) is 0 Å². The van der Waals surface area contributed by atoms with Crippen LogP contribution < -0.4 is 15.8 Å². The minimum absolute atomic E-state index is 0.0992. The van der Waals surface area contributed by atoms with E-state index in [0.29, 0.717) is 29.1 Å². The highest BCUT2D eigenvalue weighted by Gasteiger charge is 2.19. The molecule has 3 aromatic rings. The Hall–Kier alpha value is -3.57. The number of nitrogens with two attached hydrogens (primary N) is 1. The van der Waals surface area contributed by atoms with Crippen LogP contribution >= 0.6 is 0 Å². The summed E-state index contributed by atoms with van der Waals surface area (Å²) in [7, 11) is 0. The van der Waals surface area contributed by atoms with E-state index in [1.165, 1.54) is 0 Å². The molecule has 1 amide bonds. The summed E-state index contributed by atoms with van der Waals surface area (Å²) >= 11 is 0. The molecule has 2 heterocycles. The van der Waals surface area contributed by atoms with Crippen molar-refractivity contribution in [3.8, 4) is 28.7 Å². The molecule has 0 fully saturated rings. The molecule has 35 heavy (non-hydrogen) atoms. The molecule has 1 aromatic carbocycles. The Morgan fingerprint density at radius 1 is 1.11 bits per heavy atom. The van der Waals surface area contributed by atoms with Crippen molar-refractivity contribution in [1.29, 1.82) is 0 Å². The molecule has 2 aromatic heterocycles. The largest absolute Gasteiger partial charge is 0.490 e. The van der Waals surface area contributed by atoms with Crippen molar-refractivity contribution in [1.82, 2.24) is 20.1 Å². The lowest BCUT2D eigenvalue weighted by Crippen LogP contribution is -2.33. The number of anilines is 1. The molecule has 188 valence electrons. The molecule has 0 aliphatic rings. The average Bonchev–Trinajstić information content (AvgIpc) is 3.27. The van der Waals surface area contributed by atoms with E-state index in [1.54, 1.807) is 6.07 Å². The minimum atomic E-state index is -1.42. The van der Waals surface area contributed by atoms with E-state index in [4.69, 9.17) is 15.0 Å². The van der Waals surface area contributed by atoms with Crippen LogP contribution in [0, 0.1) is 26.7 Å². The van der Waals surface area contributed by atoms with E-state index in [0.717, 1.165) is 28.9 Å². The van der Waals surface area contributed by atoms with Crippen molar-refractivity contribution in [2.24, 2.45) is 11.7 Å². The average molecular weight is 485 g/mol. The van der Waals surface area contributed by atoms with Gasteiger partial charge in [-0.25, -0.2) is 9.97 Å². The van der Waals surface area contributed by atoms with Gasteiger partial charge in [-0.3, -0.25) is 4.79 Å². The van der Waals surface area contributed by atoms with Gasteiger partial charge in [-0.15, -0.1) is 0 Å². The van der Waals surface area contributed by atoms with Gasteiger partial charge in [0.2, 0.25) is 17.7 Å². The highest BCUT2D eigenvalue weighted by Crippen LogP contribution is 2.30. The molecule has 0 bridgehead atoms. The molecule has 2 atom stereocenters. The van der Waals surface area contributed by atoms with Gasteiger partial charge < -0.3 is 30.5 Å². The fourth-order valence-electron chi connectivity index (χ4n) is 3.43. The van der Waals surface area contributed by atoms with E-state index in [-0.39, 0.29) is 18.9 Å². The number of rotatable bonds is 11. The first-order valence-electron chi connectivity index (χ1n) is 11.4. The van der Waals surface area contributed by atoms with Gasteiger partial charge in [-0.05, 0) is 56.0 Å². The number of nitrogens with one attached hydrogen (secondary N) is 1. The monoisotopic (exact) mass is 484 g/mol. The second-order valence-corrected chi connectivity index (χ2v) is 8.97. The van der Waals surface area contributed by atoms with Gasteiger partial charge in [-0.1, -0.05) is 19.0 Å². The zero-order valence-electron chi connectivity index (χ0n) is 20.6. The van der Waals surface area contributed by atoms with E-state index < -0.39 is 18.1 Å². The molecule has 0 aliphatic carbocycles. The zero-order chi connectivity index (χ0) is 25.7. The topological polar surface area (TPSA) is 170 Å². The lowest BCUT2D eigenvalue weighted by molar-refractivity contribution is -0.127. The van der Waals surface area contributed by atoms with Crippen molar-refractivity contribution in [2.75, 3.05) is 18.5 Å². The molecule has 3 rings (SSSR count). The lowest BCUT2D eigenvalue weighted by Gasteiger charge is -2.17. The predicted molar refractivity (Wildman–Crippen MR) is 130 cm³/mol. The predicted octanol–water partition coefficient (Wildman–Crippen LogP) is 2.16. The van der Waals surface area contributed by atoms with Gasteiger partial charge in [-0.2, -0.15) is 4.98 Å². The molecular weight excluding hydrogens is 452 g/mol. The fourth-order valence-corrected chi connectivity index (χ4v) is 3.43. The molecule has 11 heteroatoms. The van der Waals surface area contributed by atoms with Gasteiger partial charge in [0.15, 0.2) is 0 Å². The highest BCUT2D eigenvalue weighted by atomic mass is 16.5. The van der Waals surface area contributed by atoms with E-state index in [1.807, 2.05) is 32.9 Å². The van der Waals surface area contributed by atoms with Gasteiger partial charge in [0.1, 0.15) is 24.2 Å². The summed E-state index contributed by atoms with van der Waals surface area (Å²) in [4.78, 5) is 24.4. The van der Waals surface area contributed by atoms with Crippen molar-refractivity contribution >= 4 is 11.9 Å². The summed E-state index contributed by atoms with van der Waals surface area (Å²) in [6, 6.07) is 5.48. The number of ether oxygens (including phenoxy) is 1. The number of aliphatic hydroxyl groups excluding tert-OH is 2. The van der Waals surface area contributed by atoms with Crippen LogP contribution in [-0.2, 0) is 4.79 Å². The Morgan fingerprint density at radius 2 is 1.80 bits per heavy atom. The Kier molecular flexibility index (Phi) is 8.36. The summed E-state index contributed by atoms with van der Waals surface area (Å²) in [5, 5.41) is 26.8. The van der Waals surface area contributed by atoms with Gasteiger partial charge >= 0.3 is 0 Å². The molecule has 0 saturated carbocycles. The number of hydrogen-bond donors (Lipinski definition) is 4. The first-order valence-corrected chi connectivity index (χ1v) is 11.4. The number of aliphatic hydroxyl groups is 2. The quantitative estimate of drug-likeness (QED) is 0.316. The fraction of sp³-hybridized carbons (Fsp3) is 0.458. The third-order valence-corrected chi connectivity index (χ3v) is 5.13. The van der Waals surface area contributed by atoms with E-state index in [9.17, 15) is 15.0 Å². The zero-order valence-corrected chi connectivity index (χ0v) is 20.6. The number of amides is 1. The van der Waals surface area contributed by atoms with Crippen LogP contribution in [0.3, 0.4) is 0 Å². The molecule has 1 unspecified atom stereocenters. The van der Waals surface area contributed by atoms with E-state index in [2.05, 4.69) is 39.3 Å². The third kappa shape index (κ3) is 6.96. The number of benzene rings is 1. The van der Waals surface area contributed by atoms with Gasteiger partial charge in [0.05, 0.1) is 6.10 Å². The first-order chi connectivity index (χ1) is 16.5. The van der Waals surface area contributed by atoms with Crippen LogP contribution in [0.5, 0.6) is 5.75 Å². The number of carbonyl (C=O) groups is 1. The number of aryl methyl sites for hydroxylation is 3. The number of carbonyl (C=O) groups excluding carboxylic acids is 1. The van der Waals surface area contributed by atoms with Crippen molar-refractivity contribution in [2.45, 2.75) is 53.2 Å². The van der Waals surface area contributed by atoms with Crippen LogP contribution in [0.25, 0.3) is 23.0 Å². The maximum Gasteiger partial charge on any atom is 0.277 e. The van der Waals surface area contributed by atoms with Gasteiger partial charge in [0, 0.05) is 24.2 Å². The lowest BCUT2D eigenvalue weighted by atomic mass is 10.1. The number of aromatic nitrogens is 4. The number of hydrogen-bond acceptors (Lipinski definition) is 10. The maximum atomic E-state index is 11.0. The van der Waals surface area contributed by atoms with Crippen molar-refractivity contribution < 1.29 is 24.3 Å². The standard InChI is InChI=1S/C24H32N6O5/c1-12(2)10-26-24-27-15(5)8-18(28-24)23-29-22(30-35-23)16-6-13(3)20(14(4)7-16)34-11-17(31)9-19(32)21(25)33/h6-8,12,17,19,31-32H,9-11H2,1-5H3,(H2,25,33)(H,26,27,28)/t17-,19?/m1/s1.